The fourth-order valence-corrected chi connectivity index (χ4v) is 5.41. The summed E-state index contributed by atoms with van der Waals surface area (Å²) in [5.74, 6) is 1.44. The topological polar surface area (TPSA) is 61.6 Å². The number of nitrogens with zero attached hydrogens (tertiary/aromatic N) is 2. The maximum Gasteiger partial charge on any atom is 0.221 e. The number of nitrogens with one attached hydrogen (secondary N) is 1. The molecule has 2 unspecified atom stereocenters. The molecule has 2 saturated carbocycles. The number of piperazine rings is 1. The number of anilines is 1. The molecule has 1 saturated heterocycles. The summed E-state index contributed by atoms with van der Waals surface area (Å²) in [5, 5.41) is 3.38. The minimum atomic E-state index is 0. The highest BCUT2D eigenvalue weighted by atomic mass is 35.5. The van der Waals surface area contributed by atoms with Gasteiger partial charge < -0.3 is 16.0 Å². The Bertz CT molecular complexity index is 610. The van der Waals surface area contributed by atoms with Gasteiger partial charge in [0.15, 0.2) is 0 Å². The number of halogens is 2. The molecule has 1 aromatic carbocycles. The van der Waals surface area contributed by atoms with Crippen molar-refractivity contribution in [1.29, 1.82) is 0 Å². The molecule has 4 rings (SSSR count). The summed E-state index contributed by atoms with van der Waals surface area (Å²) in [6, 6.07) is 11.3. The van der Waals surface area contributed by atoms with Gasteiger partial charge >= 0.3 is 0 Å². The number of para-hydroxylation sites is 1. The van der Waals surface area contributed by atoms with Crippen LogP contribution in [0.3, 0.4) is 0 Å². The van der Waals surface area contributed by atoms with Crippen LogP contribution in [0.4, 0.5) is 5.69 Å². The zero-order valence-corrected chi connectivity index (χ0v) is 18.8. The third-order valence-electron chi connectivity index (χ3n) is 6.85. The minimum absolute atomic E-state index is 0. The predicted molar refractivity (Wildman–Crippen MR) is 124 cm³/mol. The molecule has 3 fully saturated rings. The van der Waals surface area contributed by atoms with Crippen molar-refractivity contribution >= 4 is 36.4 Å². The summed E-state index contributed by atoms with van der Waals surface area (Å²) in [7, 11) is 0. The molecule has 0 aromatic heterocycles. The van der Waals surface area contributed by atoms with Gasteiger partial charge in [-0.25, -0.2) is 0 Å². The van der Waals surface area contributed by atoms with Gasteiger partial charge in [0.25, 0.3) is 0 Å². The Morgan fingerprint density at radius 1 is 1.00 bits per heavy atom. The molecule has 2 atom stereocenters. The number of fused-ring (bicyclic) bond motifs is 2. The van der Waals surface area contributed by atoms with Gasteiger partial charge in [-0.1, -0.05) is 24.6 Å². The monoisotopic (exact) mass is 442 g/mol. The maximum absolute atomic E-state index is 12.6. The Morgan fingerprint density at radius 3 is 2.24 bits per heavy atom. The first-order valence-corrected chi connectivity index (χ1v) is 10.8. The molecule has 1 aromatic rings. The molecule has 0 radical (unpaired) electrons. The number of carbonyl (C=O) groups excluding carboxylic acids is 1. The van der Waals surface area contributed by atoms with Gasteiger partial charge in [0, 0.05) is 56.9 Å². The first-order chi connectivity index (χ1) is 13.2. The Labute approximate surface area is 187 Å². The summed E-state index contributed by atoms with van der Waals surface area (Å²) >= 11 is 0. The molecule has 3 N–H and O–H groups in total. The van der Waals surface area contributed by atoms with Crippen LogP contribution in [0, 0.1) is 11.8 Å². The lowest BCUT2D eigenvalue weighted by molar-refractivity contribution is -0.123. The second-order valence-corrected chi connectivity index (χ2v) is 8.69. The van der Waals surface area contributed by atoms with Gasteiger partial charge in [-0.3, -0.25) is 9.69 Å². The standard InChI is InChI=1S/C22H34N4O.2ClH/c23-19-15-17-5-4-6-18(16-19)22(17)24-21(27)9-10-25-11-13-26(14-12-25)20-7-2-1-3-8-20;;/h1-3,7-8,17-19,22H,4-6,9-16,23H2,(H,24,27);2*1H. The number of amides is 1. The number of nitrogens with two attached hydrogens (primary N) is 1. The average Bonchev–Trinajstić information content (AvgIpc) is 2.68. The maximum atomic E-state index is 12.6. The van der Waals surface area contributed by atoms with Crippen LogP contribution < -0.4 is 16.0 Å². The molecule has 29 heavy (non-hydrogen) atoms. The number of carbonyl (C=O) groups is 1. The van der Waals surface area contributed by atoms with E-state index in [1.165, 1.54) is 24.9 Å². The van der Waals surface area contributed by atoms with Crippen LogP contribution >= 0.6 is 24.8 Å². The molecule has 1 amide bonds. The van der Waals surface area contributed by atoms with E-state index in [9.17, 15) is 4.79 Å². The molecule has 2 aliphatic carbocycles. The minimum Gasteiger partial charge on any atom is -0.369 e. The van der Waals surface area contributed by atoms with E-state index < -0.39 is 0 Å². The van der Waals surface area contributed by atoms with Crippen LogP contribution in [-0.2, 0) is 4.79 Å². The second kappa shape index (κ2) is 11.4. The van der Waals surface area contributed by atoms with Crippen LogP contribution in [-0.4, -0.2) is 55.6 Å². The van der Waals surface area contributed by atoms with Gasteiger partial charge in [-0.15, -0.1) is 24.8 Å². The van der Waals surface area contributed by atoms with E-state index in [1.54, 1.807) is 0 Å². The van der Waals surface area contributed by atoms with Crippen LogP contribution in [0.1, 0.15) is 38.5 Å². The average molecular weight is 443 g/mol. The summed E-state index contributed by atoms with van der Waals surface area (Å²) in [6.07, 6.45) is 6.56. The second-order valence-electron chi connectivity index (χ2n) is 8.69. The fraction of sp³-hybridized carbons (Fsp3) is 0.682. The summed E-state index contributed by atoms with van der Waals surface area (Å²) < 4.78 is 0. The van der Waals surface area contributed by atoms with Crippen LogP contribution in [0.15, 0.2) is 30.3 Å². The molecule has 1 heterocycles. The Balaban J connectivity index is 0.00000150. The number of rotatable bonds is 5. The third-order valence-corrected chi connectivity index (χ3v) is 6.85. The molecule has 3 aliphatic rings. The van der Waals surface area contributed by atoms with Crippen molar-refractivity contribution in [3.05, 3.63) is 30.3 Å². The van der Waals surface area contributed by atoms with E-state index in [1.807, 2.05) is 0 Å². The molecular weight excluding hydrogens is 407 g/mol. The summed E-state index contributed by atoms with van der Waals surface area (Å²) in [5.41, 5.74) is 7.51. The lowest BCUT2D eigenvalue weighted by Gasteiger charge is -2.45. The van der Waals surface area contributed by atoms with Crippen molar-refractivity contribution in [2.75, 3.05) is 37.6 Å². The van der Waals surface area contributed by atoms with E-state index >= 15 is 0 Å². The molecule has 7 heteroatoms. The molecule has 164 valence electrons. The van der Waals surface area contributed by atoms with Gasteiger partial charge in [0.05, 0.1) is 0 Å². The Kier molecular flexibility index (Phi) is 9.54. The third kappa shape index (κ3) is 6.24. The first kappa shape index (κ1) is 24.3. The van der Waals surface area contributed by atoms with E-state index in [2.05, 4.69) is 45.4 Å². The normalized spacial score (nSPS) is 29.3. The van der Waals surface area contributed by atoms with E-state index in [0.29, 0.717) is 30.3 Å². The highest BCUT2D eigenvalue weighted by Gasteiger charge is 2.39. The van der Waals surface area contributed by atoms with Crippen molar-refractivity contribution in [1.82, 2.24) is 10.2 Å². The smallest absolute Gasteiger partial charge is 0.221 e. The highest BCUT2D eigenvalue weighted by Crippen LogP contribution is 2.39. The Hall–Kier alpha value is -1.01. The summed E-state index contributed by atoms with van der Waals surface area (Å²) in [4.78, 5) is 17.4. The molecular formula is C22H36Cl2N4O. The molecule has 2 bridgehead atoms. The van der Waals surface area contributed by atoms with Gasteiger partial charge in [0.1, 0.15) is 0 Å². The van der Waals surface area contributed by atoms with Crippen molar-refractivity contribution in [2.24, 2.45) is 17.6 Å². The lowest BCUT2D eigenvalue weighted by atomic mass is 9.67. The Morgan fingerprint density at radius 2 is 1.62 bits per heavy atom. The van der Waals surface area contributed by atoms with Crippen LogP contribution in [0.2, 0.25) is 0 Å². The molecule has 1 aliphatic heterocycles. The van der Waals surface area contributed by atoms with Gasteiger partial charge in [-0.2, -0.15) is 0 Å². The lowest BCUT2D eigenvalue weighted by Crippen LogP contribution is -2.54. The number of hydrogen-bond acceptors (Lipinski definition) is 4. The SMILES string of the molecule is Cl.Cl.NC1CC2CCCC(C1)C2NC(=O)CCN1CCN(c2ccccc2)CC1. The highest BCUT2D eigenvalue weighted by molar-refractivity contribution is 5.85. The van der Waals surface area contributed by atoms with E-state index in [4.69, 9.17) is 5.73 Å². The van der Waals surface area contributed by atoms with E-state index in [-0.39, 0.29) is 30.7 Å². The number of benzene rings is 1. The zero-order chi connectivity index (χ0) is 18.6. The summed E-state index contributed by atoms with van der Waals surface area (Å²) in [6.45, 7) is 5.01. The molecule has 0 spiro atoms. The van der Waals surface area contributed by atoms with Crippen molar-refractivity contribution in [3.63, 3.8) is 0 Å². The van der Waals surface area contributed by atoms with Crippen molar-refractivity contribution < 1.29 is 4.79 Å². The van der Waals surface area contributed by atoms with E-state index in [0.717, 1.165) is 45.6 Å². The van der Waals surface area contributed by atoms with Crippen molar-refractivity contribution in [2.45, 2.75) is 50.6 Å². The first-order valence-electron chi connectivity index (χ1n) is 10.8. The van der Waals surface area contributed by atoms with Crippen LogP contribution in [0.5, 0.6) is 0 Å². The largest absolute Gasteiger partial charge is 0.369 e. The zero-order valence-electron chi connectivity index (χ0n) is 17.2. The number of hydrogen-bond donors (Lipinski definition) is 2. The van der Waals surface area contributed by atoms with Gasteiger partial charge in [-0.05, 0) is 49.7 Å². The van der Waals surface area contributed by atoms with Crippen LogP contribution in [0.25, 0.3) is 0 Å². The quantitative estimate of drug-likeness (QED) is 0.735. The fourth-order valence-electron chi connectivity index (χ4n) is 5.41. The van der Waals surface area contributed by atoms with Crippen molar-refractivity contribution in [3.8, 4) is 0 Å². The predicted octanol–water partition coefficient (Wildman–Crippen LogP) is 3.06. The van der Waals surface area contributed by atoms with Gasteiger partial charge in [0.2, 0.25) is 5.91 Å². The molecule has 5 nitrogen and oxygen atoms in total.